The summed E-state index contributed by atoms with van der Waals surface area (Å²) in [6.45, 7) is 0. The maximum atomic E-state index is 4.61. The number of hydrogen-bond donors (Lipinski definition) is 1. The second-order valence-corrected chi connectivity index (χ2v) is 5.96. The molecule has 92 valence electrons. The molecule has 1 N–H and O–H groups in total. The maximum absolute atomic E-state index is 4.61. The lowest BCUT2D eigenvalue weighted by Gasteiger charge is -1.88. The van der Waals surface area contributed by atoms with E-state index in [2.05, 4.69) is 55.9 Å². The van der Waals surface area contributed by atoms with Crippen LogP contribution in [0.1, 0.15) is 0 Å². The molecule has 1 aromatic carbocycles. The second kappa shape index (κ2) is 4.25. The molecule has 0 atom stereocenters. The van der Waals surface area contributed by atoms with Crippen molar-refractivity contribution in [1.29, 1.82) is 0 Å². The molecule has 0 saturated carbocycles. The lowest BCUT2D eigenvalue weighted by Crippen LogP contribution is -1.79. The Morgan fingerprint density at radius 1 is 1.16 bits per heavy atom. The summed E-state index contributed by atoms with van der Waals surface area (Å²) in [6, 6.07) is 10.6. The van der Waals surface area contributed by atoms with Crippen molar-refractivity contribution in [2.24, 2.45) is 0 Å². The van der Waals surface area contributed by atoms with Gasteiger partial charge in [0.2, 0.25) is 0 Å². The number of aromatic amines is 1. The van der Waals surface area contributed by atoms with E-state index < -0.39 is 0 Å². The van der Waals surface area contributed by atoms with Crippen LogP contribution in [0.3, 0.4) is 0 Å². The van der Waals surface area contributed by atoms with Crippen molar-refractivity contribution in [3.05, 3.63) is 42.0 Å². The van der Waals surface area contributed by atoms with Crippen LogP contribution in [-0.4, -0.2) is 20.2 Å². The number of thiazole rings is 1. The molecule has 6 heteroatoms. The molecule has 4 aromatic rings. The summed E-state index contributed by atoms with van der Waals surface area (Å²) in [5.41, 5.74) is 0.998. The van der Waals surface area contributed by atoms with Crippen molar-refractivity contribution in [3.8, 4) is 21.4 Å². The Kier molecular flexibility index (Phi) is 2.43. The molecular weight excluding hydrogens is 276 g/mol. The summed E-state index contributed by atoms with van der Waals surface area (Å²) in [6.07, 6.45) is 1.50. The number of hydrogen-bond acceptors (Lipinski definition) is 5. The fraction of sp³-hybridized carbons (Fsp3) is 0. The highest BCUT2D eigenvalue weighted by atomic mass is 32.1. The van der Waals surface area contributed by atoms with Crippen molar-refractivity contribution in [1.82, 2.24) is 20.2 Å². The lowest BCUT2D eigenvalue weighted by atomic mass is 10.2. The summed E-state index contributed by atoms with van der Waals surface area (Å²) < 4.78 is 1.28. The summed E-state index contributed by atoms with van der Waals surface area (Å²) in [5.74, 6) is 0.720. The van der Waals surface area contributed by atoms with Crippen LogP contribution in [0.2, 0.25) is 0 Å². The van der Waals surface area contributed by atoms with E-state index in [4.69, 9.17) is 0 Å². The first-order valence-corrected chi connectivity index (χ1v) is 7.40. The highest BCUT2D eigenvalue weighted by molar-refractivity contribution is 7.22. The van der Waals surface area contributed by atoms with Crippen LogP contribution in [0.5, 0.6) is 0 Å². The minimum atomic E-state index is 0.720. The van der Waals surface area contributed by atoms with Crippen LogP contribution in [-0.2, 0) is 0 Å². The average molecular weight is 284 g/mol. The van der Waals surface area contributed by atoms with Crippen molar-refractivity contribution in [2.75, 3.05) is 0 Å². The van der Waals surface area contributed by atoms with Crippen LogP contribution >= 0.6 is 22.7 Å². The molecule has 4 nitrogen and oxygen atoms in total. The highest BCUT2D eigenvalue weighted by Crippen LogP contribution is 2.35. The van der Waals surface area contributed by atoms with Crippen LogP contribution in [0.25, 0.3) is 31.5 Å². The third-order valence-corrected chi connectivity index (χ3v) is 4.79. The zero-order valence-electron chi connectivity index (χ0n) is 9.70. The van der Waals surface area contributed by atoms with Gasteiger partial charge in [0.25, 0.3) is 0 Å². The van der Waals surface area contributed by atoms with Crippen molar-refractivity contribution < 1.29 is 0 Å². The van der Waals surface area contributed by atoms with Gasteiger partial charge in [-0.15, -0.1) is 22.7 Å². The van der Waals surface area contributed by atoms with Gasteiger partial charge in [-0.05, 0) is 17.5 Å². The molecule has 0 aliphatic carbocycles. The van der Waals surface area contributed by atoms with E-state index in [-0.39, 0.29) is 0 Å². The van der Waals surface area contributed by atoms with Crippen molar-refractivity contribution in [3.63, 3.8) is 0 Å². The number of benzene rings is 1. The first kappa shape index (κ1) is 10.8. The summed E-state index contributed by atoms with van der Waals surface area (Å²) in [4.78, 5) is 9.92. The fourth-order valence-corrected chi connectivity index (χ4v) is 3.77. The van der Waals surface area contributed by atoms with Crippen molar-refractivity contribution >= 4 is 32.8 Å². The molecule has 0 bridgehead atoms. The Balaban J connectivity index is 1.80. The quantitative estimate of drug-likeness (QED) is 0.609. The predicted octanol–water partition coefficient (Wildman–Crippen LogP) is 3.81. The predicted molar refractivity (Wildman–Crippen MR) is 78.3 cm³/mol. The molecule has 0 saturated heterocycles. The Morgan fingerprint density at radius 3 is 2.95 bits per heavy atom. The molecule has 0 spiro atoms. The molecule has 0 fully saturated rings. The molecule has 4 rings (SSSR count). The average Bonchev–Trinajstić information content (AvgIpc) is 3.17. The number of rotatable bonds is 2. The number of aromatic nitrogens is 4. The van der Waals surface area contributed by atoms with Gasteiger partial charge in [-0.25, -0.2) is 9.97 Å². The van der Waals surface area contributed by atoms with E-state index in [0.717, 1.165) is 16.5 Å². The van der Waals surface area contributed by atoms with Crippen LogP contribution < -0.4 is 0 Å². The summed E-state index contributed by atoms with van der Waals surface area (Å²) in [7, 11) is 0. The third-order valence-electron chi connectivity index (χ3n) is 2.80. The van der Waals surface area contributed by atoms with Gasteiger partial charge in [0, 0.05) is 10.1 Å². The zero-order chi connectivity index (χ0) is 12.7. The number of thiophene rings is 1. The van der Waals surface area contributed by atoms with E-state index in [1.165, 1.54) is 21.3 Å². The van der Waals surface area contributed by atoms with E-state index in [1.54, 1.807) is 22.7 Å². The smallest absolute Gasteiger partial charge is 0.184 e. The summed E-state index contributed by atoms with van der Waals surface area (Å²) in [5, 5.41) is 10.9. The fourth-order valence-electron chi connectivity index (χ4n) is 1.91. The number of fused-ring (bicyclic) bond motifs is 1. The zero-order valence-corrected chi connectivity index (χ0v) is 11.3. The van der Waals surface area contributed by atoms with Gasteiger partial charge in [0.1, 0.15) is 6.33 Å². The largest absolute Gasteiger partial charge is 0.257 e. The minimum absolute atomic E-state index is 0.720. The first-order valence-electron chi connectivity index (χ1n) is 5.70. The monoisotopic (exact) mass is 284 g/mol. The van der Waals surface area contributed by atoms with Gasteiger partial charge < -0.3 is 0 Å². The standard InChI is InChI=1S/C13H8N4S2/c1-2-4-10-8(3-1)5-11(19-10)9-6-18-13(16-9)12-14-7-15-17-12/h1-7H,(H,14,15,17). The van der Waals surface area contributed by atoms with E-state index in [1.807, 2.05) is 0 Å². The normalized spacial score (nSPS) is 11.2. The molecule has 0 aliphatic rings. The molecule has 0 aliphatic heterocycles. The SMILES string of the molecule is c1ccc2sc(-c3csc(-c4ncn[nH]4)n3)cc2c1. The van der Waals surface area contributed by atoms with E-state index >= 15 is 0 Å². The lowest BCUT2D eigenvalue weighted by molar-refractivity contribution is 1.09. The Hall–Kier alpha value is -2.05. The Bertz CT molecular complexity index is 796. The summed E-state index contributed by atoms with van der Waals surface area (Å²) >= 11 is 3.33. The van der Waals surface area contributed by atoms with E-state index in [9.17, 15) is 0 Å². The van der Waals surface area contributed by atoms with Gasteiger partial charge in [-0.1, -0.05) is 18.2 Å². The molecule has 0 unspecified atom stereocenters. The third kappa shape index (κ3) is 1.85. The number of H-pyrrole nitrogens is 1. The van der Waals surface area contributed by atoms with Crippen molar-refractivity contribution in [2.45, 2.75) is 0 Å². The van der Waals surface area contributed by atoms with Gasteiger partial charge in [-0.3, -0.25) is 5.10 Å². The molecule has 0 amide bonds. The Morgan fingerprint density at radius 2 is 2.11 bits per heavy atom. The minimum Gasteiger partial charge on any atom is -0.257 e. The number of nitrogens with zero attached hydrogens (tertiary/aromatic N) is 3. The maximum Gasteiger partial charge on any atom is 0.184 e. The second-order valence-electron chi connectivity index (χ2n) is 4.02. The van der Waals surface area contributed by atoms with Gasteiger partial charge in [0.15, 0.2) is 10.8 Å². The molecule has 3 heterocycles. The van der Waals surface area contributed by atoms with Crippen LogP contribution in [0.4, 0.5) is 0 Å². The van der Waals surface area contributed by atoms with Crippen LogP contribution in [0.15, 0.2) is 42.0 Å². The Labute approximate surface area is 116 Å². The first-order chi connectivity index (χ1) is 9.40. The molecule has 3 aromatic heterocycles. The van der Waals surface area contributed by atoms with Gasteiger partial charge >= 0.3 is 0 Å². The van der Waals surface area contributed by atoms with Gasteiger partial charge in [-0.2, -0.15) is 5.10 Å². The topological polar surface area (TPSA) is 54.5 Å². The van der Waals surface area contributed by atoms with E-state index in [0.29, 0.717) is 0 Å². The number of nitrogens with one attached hydrogen (secondary N) is 1. The molecule has 19 heavy (non-hydrogen) atoms. The van der Waals surface area contributed by atoms with Gasteiger partial charge in [0.05, 0.1) is 10.6 Å². The molecule has 0 radical (unpaired) electrons. The van der Waals surface area contributed by atoms with Crippen LogP contribution in [0, 0.1) is 0 Å². The highest BCUT2D eigenvalue weighted by Gasteiger charge is 2.10. The molecular formula is C13H8N4S2.